The summed E-state index contributed by atoms with van der Waals surface area (Å²) in [6.45, 7) is 5.41. The molecule has 0 aromatic heterocycles. The van der Waals surface area contributed by atoms with Gasteiger partial charge in [-0.05, 0) is 43.4 Å². The summed E-state index contributed by atoms with van der Waals surface area (Å²) in [5, 5.41) is 6.48. The first-order valence-electron chi connectivity index (χ1n) is 10.2. The minimum Gasteiger partial charge on any atom is -0.490 e. The van der Waals surface area contributed by atoms with Gasteiger partial charge < -0.3 is 20.1 Å². The molecular weight excluding hydrogens is 352 g/mol. The molecule has 3 rings (SSSR count). The van der Waals surface area contributed by atoms with Crippen LogP contribution in [0.3, 0.4) is 0 Å². The summed E-state index contributed by atoms with van der Waals surface area (Å²) in [4.78, 5) is 12.8. The number of benzene rings is 2. The number of hydrogen-bond acceptors (Lipinski definition) is 4. The molecule has 0 aliphatic heterocycles. The zero-order valence-corrected chi connectivity index (χ0v) is 16.7. The smallest absolute Gasteiger partial charge is 0.247 e. The molecule has 2 aromatic rings. The number of hydrogen-bond donors (Lipinski definition) is 2. The molecule has 1 fully saturated rings. The Bertz CT molecular complexity index is 760. The number of carbonyl (C=O) groups excluding carboxylic acids is 1. The Morgan fingerprint density at radius 1 is 1.00 bits per heavy atom. The monoisotopic (exact) mass is 382 g/mol. The predicted molar refractivity (Wildman–Crippen MR) is 112 cm³/mol. The van der Waals surface area contributed by atoms with Gasteiger partial charge in [0.25, 0.3) is 0 Å². The zero-order chi connectivity index (χ0) is 19.8. The molecule has 5 heteroatoms. The maximum Gasteiger partial charge on any atom is 0.247 e. The second-order valence-corrected chi connectivity index (χ2v) is 7.13. The fourth-order valence-electron chi connectivity index (χ4n) is 2.88. The van der Waals surface area contributed by atoms with Gasteiger partial charge in [0.05, 0.1) is 13.2 Å². The van der Waals surface area contributed by atoms with E-state index in [1.54, 1.807) is 0 Å². The molecule has 5 nitrogen and oxygen atoms in total. The van der Waals surface area contributed by atoms with Crippen molar-refractivity contribution in [2.75, 3.05) is 18.5 Å². The average molecular weight is 383 g/mol. The molecule has 1 atom stereocenters. The van der Waals surface area contributed by atoms with Crippen molar-refractivity contribution < 1.29 is 14.3 Å². The van der Waals surface area contributed by atoms with Gasteiger partial charge in [-0.25, -0.2) is 0 Å². The summed E-state index contributed by atoms with van der Waals surface area (Å²) in [7, 11) is 0. The van der Waals surface area contributed by atoms with Crippen LogP contribution in [0.5, 0.6) is 11.5 Å². The molecule has 1 aliphatic carbocycles. The van der Waals surface area contributed by atoms with Gasteiger partial charge in [-0.15, -0.1) is 0 Å². The van der Waals surface area contributed by atoms with Crippen LogP contribution in [0.25, 0.3) is 0 Å². The molecule has 0 saturated heterocycles. The van der Waals surface area contributed by atoms with Crippen molar-refractivity contribution >= 4 is 11.6 Å². The van der Waals surface area contributed by atoms with Crippen molar-refractivity contribution in [2.24, 2.45) is 0 Å². The maximum atomic E-state index is 12.8. The lowest BCUT2D eigenvalue weighted by Crippen LogP contribution is -2.34. The highest BCUT2D eigenvalue weighted by atomic mass is 16.5. The van der Waals surface area contributed by atoms with Gasteiger partial charge in [0.15, 0.2) is 11.5 Å². The fourth-order valence-corrected chi connectivity index (χ4v) is 2.88. The highest BCUT2D eigenvalue weighted by Crippen LogP contribution is 2.33. The van der Waals surface area contributed by atoms with Crippen LogP contribution < -0.4 is 20.1 Å². The van der Waals surface area contributed by atoms with Crippen molar-refractivity contribution in [2.45, 2.75) is 51.6 Å². The average Bonchev–Trinajstić information content (AvgIpc) is 3.54. The Balaban J connectivity index is 1.81. The highest BCUT2D eigenvalue weighted by molar-refractivity contribution is 5.86. The minimum atomic E-state index is -0.455. The second kappa shape index (κ2) is 10.0. The summed E-state index contributed by atoms with van der Waals surface area (Å²) in [5.41, 5.74) is 1.76. The van der Waals surface area contributed by atoms with Crippen LogP contribution in [-0.2, 0) is 4.79 Å². The van der Waals surface area contributed by atoms with Crippen LogP contribution in [-0.4, -0.2) is 25.2 Å². The number of nitrogens with one attached hydrogen (secondary N) is 2. The SMILES string of the molecule is CCCOc1ccc(NC(C(=O)NC2CC2)c2ccccc2)cc1OCCC. The van der Waals surface area contributed by atoms with Gasteiger partial charge >= 0.3 is 0 Å². The van der Waals surface area contributed by atoms with Crippen molar-refractivity contribution in [3.8, 4) is 11.5 Å². The third-order valence-corrected chi connectivity index (χ3v) is 4.50. The Morgan fingerprint density at radius 3 is 2.32 bits per heavy atom. The summed E-state index contributed by atoms with van der Waals surface area (Å²) < 4.78 is 11.7. The van der Waals surface area contributed by atoms with Gasteiger partial charge in [0.2, 0.25) is 5.91 Å². The van der Waals surface area contributed by atoms with Crippen LogP contribution in [0.4, 0.5) is 5.69 Å². The quantitative estimate of drug-likeness (QED) is 0.592. The Kier molecular flexibility index (Phi) is 7.18. The first-order valence-corrected chi connectivity index (χ1v) is 10.2. The van der Waals surface area contributed by atoms with Crippen LogP contribution in [0.15, 0.2) is 48.5 Å². The highest BCUT2D eigenvalue weighted by Gasteiger charge is 2.28. The number of rotatable bonds is 11. The van der Waals surface area contributed by atoms with Crippen molar-refractivity contribution in [1.82, 2.24) is 5.32 Å². The predicted octanol–water partition coefficient (Wildman–Crippen LogP) is 4.70. The lowest BCUT2D eigenvalue weighted by molar-refractivity contribution is -0.122. The number of ether oxygens (including phenoxy) is 2. The molecular formula is C23H30N2O3. The third kappa shape index (κ3) is 5.65. The molecule has 28 heavy (non-hydrogen) atoms. The van der Waals surface area contributed by atoms with Gasteiger partial charge in [-0.2, -0.15) is 0 Å². The van der Waals surface area contributed by atoms with Crippen LogP contribution in [0, 0.1) is 0 Å². The topological polar surface area (TPSA) is 59.6 Å². The van der Waals surface area contributed by atoms with E-state index in [0.717, 1.165) is 42.7 Å². The Morgan fingerprint density at radius 2 is 1.68 bits per heavy atom. The van der Waals surface area contributed by atoms with Crippen molar-refractivity contribution in [3.63, 3.8) is 0 Å². The third-order valence-electron chi connectivity index (χ3n) is 4.50. The molecule has 1 saturated carbocycles. The molecule has 2 N–H and O–H groups in total. The summed E-state index contributed by atoms with van der Waals surface area (Å²) >= 11 is 0. The largest absolute Gasteiger partial charge is 0.490 e. The van der Waals surface area contributed by atoms with E-state index in [2.05, 4.69) is 24.5 Å². The second-order valence-electron chi connectivity index (χ2n) is 7.13. The van der Waals surface area contributed by atoms with E-state index in [1.807, 2.05) is 48.5 Å². The number of anilines is 1. The summed E-state index contributed by atoms with van der Waals surface area (Å²) in [6, 6.07) is 15.4. The maximum absolute atomic E-state index is 12.8. The van der Waals surface area contributed by atoms with Crippen molar-refractivity contribution in [3.05, 3.63) is 54.1 Å². The lowest BCUT2D eigenvalue weighted by atomic mass is 10.1. The molecule has 0 bridgehead atoms. The molecule has 0 heterocycles. The molecule has 1 aliphatic rings. The van der Waals surface area contributed by atoms with E-state index < -0.39 is 6.04 Å². The summed E-state index contributed by atoms with van der Waals surface area (Å²) in [6.07, 6.45) is 3.98. The Labute approximate surface area is 167 Å². The minimum absolute atomic E-state index is 0.00367. The fraction of sp³-hybridized carbons (Fsp3) is 0.435. The zero-order valence-electron chi connectivity index (χ0n) is 16.7. The molecule has 150 valence electrons. The molecule has 1 unspecified atom stereocenters. The van der Waals surface area contributed by atoms with Gasteiger partial charge in [0, 0.05) is 17.8 Å². The van der Waals surface area contributed by atoms with E-state index in [0.29, 0.717) is 25.0 Å². The van der Waals surface area contributed by atoms with E-state index in [1.165, 1.54) is 0 Å². The van der Waals surface area contributed by atoms with Gasteiger partial charge in [0.1, 0.15) is 6.04 Å². The summed E-state index contributed by atoms with van der Waals surface area (Å²) in [5.74, 6) is 1.44. The van der Waals surface area contributed by atoms with E-state index in [4.69, 9.17) is 9.47 Å². The molecule has 1 amide bonds. The van der Waals surface area contributed by atoms with Crippen LogP contribution in [0.1, 0.15) is 51.1 Å². The molecule has 2 aromatic carbocycles. The lowest BCUT2D eigenvalue weighted by Gasteiger charge is -2.21. The first kappa shape index (κ1) is 20.1. The molecule has 0 spiro atoms. The Hall–Kier alpha value is -2.69. The first-order chi connectivity index (χ1) is 13.7. The number of amides is 1. The standard InChI is InChI=1S/C23H30N2O3/c1-3-14-27-20-13-12-19(16-21(20)28-15-4-2)24-22(17-8-6-5-7-9-17)23(26)25-18-10-11-18/h5-9,12-13,16,18,22,24H,3-4,10-11,14-15H2,1-2H3,(H,25,26). The number of carbonyl (C=O) groups is 1. The normalized spacial score (nSPS) is 14.2. The molecule has 0 radical (unpaired) electrons. The van der Waals surface area contributed by atoms with Gasteiger partial charge in [-0.1, -0.05) is 44.2 Å². The van der Waals surface area contributed by atoms with E-state index in [9.17, 15) is 4.79 Å². The van der Waals surface area contributed by atoms with E-state index in [-0.39, 0.29) is 5.91 Å². The van der Waals surface area contributed by atoms with Gasteiger partial charge in [-0.3, -0.25) is 4.79 Å². The van der Waals surface area contributed by atoms with Crippen LogP contribution in [0.2, 0.25) is 0 Å². The van der Waals surface area contributed by atoms with E-state index >= 15 is 0 Å². The van der Waals surface area contributed by atoms with Crippen LogP contribution >= 0.6 is 0 Å². The van der Waals surface area contributed by atoms with Crippen molar-refractivity contribution in [1.29, 1.82) is 0 Å².